The Balaban J connectivity index is 1.75. The first-order chi connectivity index (χ1) is 9.81. The van der Waals surface area contributed by atoms with E-state index in [-0.39, 0.29) is 5.82 Å². The Kier molecular flexibility index (Phi) is 4.07. The molecular weight excluding hydrogens is 251 g/mol. The second-order valence-corrected chi connectivity index (χ2v) is 5.40. The molecule has 104 valence electrons. The predicted molar refractivity (Wildman–Crippen MR) is 78.3 cm³/mol. The molecule has 0 amide bonds. The van der Waals surface area contributed by atoms with E-state index in [9.17, 15) is 4.39 Å². The van der Waals surface area contributed by atoms with Crippen LogP contribution < -0.4 is 5.32 Å². The fraction of sp³-hybridized carbons (Fsp3) is 0.353. The third-order valence-corrected chi connectivity index (χ3v) is 3.84. The summed E-state index contributed by atoms with van der Waals surface area (Å²) in [6.07, 6.45) is 3.18. The molecule has 0 saturated carbocycles. The molecule has 1 aromatic carbocycles. The molecule has 1 atom stereocenters. The van der Waals surface area contributed by atoms with Gasteiger partial charge in [0.2, 0.25) is 0 Å². The van der Waals surface area contributed by atoms with Gasteiger partial charge in [-0.1, -0.05) is 18.2 Å². The van der Waals surface area contributed by atoms with Crippen molar-refractivity contribution >= 4 is 0 Å². The number of nitrogens with zero attached hydrogens (tertiary/aromatic N) is 1. The monoisotopic (exact) mass is 270 g/mol. The summed E-state index contributed by atoms with van der Waals surface area (Å²) in [5.41, 5.74) is 3.33. The quantitative estimate of drug-likeness (QED) is 0.926. The third-order valence-electron chi connectivity index (χ3n) is 3.84. The van der Waals surface area contributed by atoms with Gasteiger partial charge in [-0.2, -0.15) is 0 Å². The Morgan fingerprint density at radius 1 is 1.15 bits per heavy atom. The van der Waals surface area contributed by atoms with Crippen molar-refractivity contribution in [1.29, 1.82) is 0 Å². The van der Waals surface area contributed by atoms with Gasteiger partial charge in [0, 0.05) is 30.3 Å². The number of rotatable bonds is 3. The minimum absolute atomic E-state index is 0.191. The lowest BCUT2D eigenvalue weighted by molar-refractivity contribution is 0.454. The molecule has 2 heterocycles. The van der Waals surface area contributed by atoms with Gasteiger partial charge in [0.1, 0.15) is 5.82 Å². The van der Waals surface area contributed by atoms with E-state index < -0.39 is 0 Å². The summed E-state index contributed by atoms with van der Waals surface area (Å²) in [7, 11) is 0. The molecule has 0 aliphatic carbocycles. The van der Waals surface area contributed by atoms with Crippen LogP contribution >= 0.6 is 0 Å². The minimum atomic E-state index is -0.191. The molecule has 0 unspecified atom stereocenters. The molecule has 3 rings (SSSR count). The molecule has 0 bridgehead atoms. The normalized spacial score (nSPS) is 18.9. The number of nitrogens with one attached hydrogen (secondary N) is 1. The highest BCUT2D eigenvalue weighted by Gasteiger charge is 2.16. The van der Waals surface area contributed by atoms with Crippen molar-refractivity contribution in [1.82, 2.24) is 10.3 Å². The second-order valence-electron chi connectivity index (χ2n) is 5.40. The average molecular weight is 270 g/mol. The fourth-order valence-electron chi connectivity index (χ4n) is 2.74. The van der Waals surface area contributed by atoms with E-state index in [2.05, 4.69) is 17.4 Å². The van der Waals surface area contributed by atoms with Gasteiger partial charge in [-0.3, -0.25) is 4.98 Å². The first-order valence-corrected chi connectivity index (χ1v) is 7.22. The van der Waals surface area contributed by atoms with Crippen LogP contribution in [-0.4, -0.2) is 18.1 Å². The number of hydrogen-bond donors (Lipinski definition) is 1. The number of aromatic nitrogens is 1. The zero-order valence-corrected chi connectivity index (χ0v) is 11.5. The van der Waals surface area contributed by atoms with Crippen molar-refractivity contribution in [2.24, 2.45) is 0 Å². The predicted octanol–water partition coefficient (Wildman–Crippen LogP) is 3.28. The Morgan fingerprint density at radius 3 is 2.75 bits per heavy atom. The lowest BCUT2D eigenvalue weighted by Gasteiger charge is -2.22. The molecule has 20 heavy (non-hydrogen) atoms. The van der Waals surface area contributed by atoms with E-state index in [1.165, 1.54) is 30.7 Å². The maximum atomic E-state index is 12.9. The number of piperidine rings is 1. The maximum Gasteiger partial charge on any atom is 0.123 e. The molecule has 1 N–H and O–H groups in total. The van der Waals surface area contributed by atoms with Gasteiger partial charge < -0.3 is 5.32 Å². The van der Waals surface area contributed by atoms with Crippen LogP contribution in [0.2, 0.25) is 0 Å². The Bertz CT molecular complexity index is 559. The van der Waals surface area contributed by atoms with Gasteiger partial charge in [0.05, 0.1) is 0 Å². The van der Waals surface area contributed by atoms with Crippen LogP contribution in [0.15, 0.2) is 42.5 Å². The first kappa shape index (κ1) is 13.3. The van der Waals surface area contributed by atoms with Crippen LogP contribution in [0.1, 0.15) is 35.7 Å². The standard InChI is InChI=1S/C17H19FN2/c18-15-8-6-13(7-9-15)11-16-4-1-5-17(20-16)14-3-2-10-19-12-14/h1,4-9,14,19H,2-3,10-12H2/t14-/m0/s1. The summed E-state index contributed by atoms with van der Waals surface area (Å²) >= 11 is 0. The minimum Gasteiger partial charge on any atom is -0.316 e. The maximum absolute atomic E-state index is 12.9. The second kappa shape index (κ2) is 6.14. The summed E-state index contributed by atoms with van der Waals surface area (Å²) in [6.45, 7) is 2.14. The Hall–Kier alpha value is -1.74. The van der Waals surface area contributed by atoms with Crippen LogP contribution in [0.3, 0.4) is 0 Å². The van der Waals surface area contributed by atoms with E-state index in [1.807, 2.05) is 18.2 Å². The molecule has 1 aromatic heterocycles. The third kappa shape index (κ3) is 3.23. The summed E-state index contributed by atoms with van der Waals surface area (Å²) in [4.78, 5) is 4.78. The smallest absolute Gasteiger partial charge is 0.123 e. The van der Waals surface area contributed by atoms with E-state index in [1.54, 1.807) is 0 Å². The topological polar surface area (TPSA) is 24.9 Å². The summed E-state index contributed by atoms with van der Waals surface area (Å²) in [6, 6.07) is 12.9. The molecule has 0 spiro atoms. The molecule has 1 aliphatic rings. The largest absolute Gasteiger partial charge is 0.316 e. The van der Waals surface area contributed by atoms with Gasteiger partial charge in [0.25, 0.3) is 0 Å². The van der Waals surface area contributed by atoms with Gasteiger partial charge in [0.15, 0.2) is 0 Å². The van der Waals surface area contributed by atoms with Crippen molar-refractivity contribution in [3.63, 3.8) is 0 Å². The number of halogens is 1. The van der Waals surface area contributed by atoms with Crippen LogP contribution in [0.25, 0.3) is 0 Å². The van der Waals surface area contributed by atoms with E-state index in [4.69, 9.17) is 4.98 Å². The molecule has 1 aliphatic heterocycles. The summed E-state index contributed by atoms with van der Waals surface area (Å²) in [5, 5.41) is 3.43. The van der Waals surface area contributed by atoms with Crippen LogP contribution in [-0.2, 0) is 6.42 Å². The lowest BCUT2D eigenvalue weighted by Crippen LogP contribution is -2.28. The highest BCUT2D eigenvalue weighted by molar-refractivity contribution is 5.24. The van der Waals surface area contributed by atoms with Crippen molar-refractivity contribution in [2.75, 3.05) is 13.1 Å². The SMILES string of the molecule is Fc1ccc(Cc2cccc([C@H]3CCCNC3)n2)cc1. The molecule has 1 fully saturated rings. The van der Waals surface area contributed by atoms with Crippen molar-refractivity contribution in [3.05, 3.63) is 65.2 Å². The van der Waals surface area contributed by atoms with Crippen LogP contribution in [0.4, 0.5) is 4.39 Å². The van der Waals surface area contributed by atoms with Crippen molar-refractivity contribution in [2.45, 2.75) is 25.2 Å². The Labute approximate surface area is 119 Å². The zero-order chi connectivity index (χ0) is 13.8. The molecular formula is C17H19FN2. The van der Waals surface area contributed by atoms with Gasteiger partial charge >= 0.3 is 0 Å². The van der Waals surface area contributed by atoms with Gasteiger partial charge in [-0.15, -0.1) is 0 Å². The molecule has 0 radical (unpaired) electrons. The Morgan fingerprint density at radius 2 is 2.00 bits per heavy atom. The molecule has 1 saturated heterocycles. The van der Waals surface area contributed by atoms with Gasteiger partial charge in [-0.25, -0.2) is 4.39 Å². The average Bonchev–Trinajstić information content (AvgIpc) is 2.51. The number of pyridine rings is 1. The highest BCUT2D eigenvalue weighted by Crippen LogP contribution is 2.22. The molecule has 2 aromatic rings. The van der Waals surface area contributed by atoms with Crippen LogP contribution in [0.5, 0.6) is 0 Å². The number of hydrogen-bond acceptors (Lipinski definition) is 2. The first-order valence-electron chi connectivity index (χ1n) is 7.22. The number of benzene rings is 1. The summed E-state index contributed by atoms with van der Waals surface area (Å²) < 4.78 is 12.9. The van der Waals surface area contributed by atoms with Gasteiger partial charge in [-0.05, 0) is 49.2 Å². The highest BCUT2D eigenvalue weighted by atomic mass is 19.1. The van der Waals surface area contributed by atoms with E-state index >= 15 is 0 Å². The van der Waals surface area contributed by atoms with Crippen molar-refractivity contribution < 1.29 is 4.39 Å². The molecule has 2 nitrogen and oxygen atoms in total. The fourth-order valence-corrected chi connectivity index (χ4v) is 2.74. The lowest BCUT2D eigenvalue weighted by atomic mass is 9.95. The van der Waals surface area contributed by atoms with E-state index in [0.717, 1.165) is 30.8 Å². The summed E-state index contributed by atoms with van der Waals surface area (Å²) in [5.74, 6) is 0.334. The van der Waals surface area contributed by atoms with Crippen LogP contribution in [0, 0.1) is 5.82 Å². The van der Waals surface area contributed by atoms with E-state index in [0.29, 0.717) is 5.92 Å². The molecule has 3 heteroatoms. The zero-order valence-electron chi connectivity index (χ0n) is 11.5. The van der Waals surface area contributed by atoms with Crippen molar-refractivity contribution in [3.8, 4) is 0 Å².